The number of benzene rings is 1. The topological polar surface area (TPSA) is 81.0 Å². The Morgan fingerprint density at radius 3 is 2.52 bits per heavy atom. The first-order chi connectivity index (χ1) is 14.1. The normalized spacial score (nSPS) is 15.9. The predicted molar refractivity (Wildman–Crippen MR) is 108 cm³/mol. The Kier molecular flexibility index (Phi) is 7.21. The zero-order valence-corrected chi connectivity index (χ0v) is 16.7. The summed E-state index contributed by atoms with van der Waals surface area (Å²) < 4.78 is 15.9. The molecular weight excluding hydrogens is 372 g/mol. The van der Waals surface area contributed by atoms with Gasteiger partial charge in [0.25, 0.3) is 0 Å². The molecule has 1 amide bonds. The minimum atomic E-state index is -0.388. The first kappa shape index (κ1) is 20.8. The van der Waals surface area contributed by atoms with Crippen LogP contribution in [0, 0.1) is 6.92 Å². The summed E-state index contributed by atoms with van der Waals surface area (Å²) in [7, 11) is 1.34. The van der Waals surface area contributed by atoms with E-state index >= 15 is 0 Å². The predicted octanol–water partition coefficient (Wildman–Crippen LogP) is 2.58. The lowest BCUT2D eigenvalue weighted by molar-refractivity contribution is -0.116. The molecule has 0 saturated carbocycles. The molecule has 1 aliphatic rings. The van der Waals surface area contributed by atoms with E-state index in [1.54, 1.807) is 30.3 Å². The monoisotopic (exact) mass is 398 g/mol. The van der Waals surface area contributed by atoms with Crippen LogP contribution in [0.4, 0.5) is 0 Å². The van der Waals surface area contributed by atoms with Gasteiger partial charge in [0.05, 0.1) is 31.9 Å². The molecule has 2 heterocycles. The van der Waals surface area contributed by atoms with E-state index < -0.39 is 0 Å². The van der Waals surface area contributed by atoms with Crippen LogP contribution in [0.1, 0.15) is 33.5 Å². The molecule has 0 radical (unpaired) electrons. The van der Waals surface area contributed by atoms with Gasteiger partial charge in [0.15, 0.2) is 0 Å². The van der Waals surface area contributed by atoms with Crippen LogP contribution in [-0.4, -0.2) is 56.7 Å². The number of amides is 1. The van der Waals surface area contributed by atoms with Crippen molar-refractivity contribution in [1.29, 1.82) is 0 Å². The molecular formula is C22H26N2O5. The summed E-state index contributed by atoms with van der Waals surface area (Å²) in [5.74, 6) is 1.11. The summed E-state index contributed by atoms with van der Waals surface area (Å²) in [6.07, 6.45) is 3.19. The maximum Gasteiger partial charge on any atom is 0.337 e. The lowest BCUT2D eigenvalue weighted by atomic mass is 10.1. The standard InChI is InChI=1S/C22H26N2O5/c1-16-3-9-20(29-16)19(24-11-13-28-14-12-24)15-23-21(25)10-6-17-4-7-18(8-5-17)22(26)27-2/h3-10,19H,11-15H2,1-2H3,(H,23,25)/b10-6+. The van der Waals surface area contributed by atoms with Gasteiger partial charge in [-0.15, -0.1) is 0 Å². The van der Waals surface area contributed by atoms with Crippen molar-refractivity contribution >= 4 is 18.0 Å². The average Bonchev–Trinajstić information content (AvgIpc) is 3.19. The maximum atomic E-state index is 12.3. The van der Waals surface area contributed by atoms with Gasteiger partial charge in [0, 0.05) is 25.7 Å². The summed E-state index contributed by atoms with van der Waals surface area (Å²) in [6, 6.07) is 10.7. The van der Waals surface area contributed by atoms with Gasteiger partial charge in [0.1, 0.15) is 11.5 Å². The van der Waals surface area contributed by atoms with Gasteiger partial charge in [0.2, 0.25) is 5.91 Å². The van der Waals surface area contributed by atoms with Crippen molar-refractivity contribution in [2.45, 2.75) is 13.0 Å². The largest absolute Gasteiger partial charge is 0.465 e. The van der Waals surface area contributed by atoms with Crippen molar-refractivity contribution in [3.63, 3.8) is 0 Å². The van der Waals surface area contributed by atoms with Crippen molar-refractivity contribution in [2.24, 2.45) is 0 Å². The Morgan fingerprint density at radius 1 is 1.17 bits per heavy atom. The van der Waals surface area contributed by atoms with Gasteiger partial charge >= 0.3 is 5.97 Å². The fraction of sp³-hybridized carbons (Fsp3) is 0.364. The van der Waals surface area contributed by atoms with Gasteiger partial charge in [-0.3, -0.25) is 9.69 Å². The molecule has 1 saturated heterocycles. The number of ether oxygens (including phenoxy) is 2. The number of rotatable bonds is 7. The molecule has 1 aromatic carbocycles. The number of nitrogens with one attached hydrogen (secondary N) is 1. The average molecular weight is 398 g/mol. The SMILES string of the molecule is COC(=O)c1ccc(/C=C/C(=O)NCC(c2ccc(C)o2)N2CCOCC2)cc1. The van der Waals surface area contributed by atoms with Crippen LogP contribution in [0.15, 0.2) is 46.9 Å². The number of esters is 1. The summed E-state index contributed by atoms with van der Waals surface area (Å²) in [4.78, 5) is 26.0. The maximum absolute atomic E-state index is 12.3. The third-order valence-electron chi connectivity index (χ3n) is 4.80. The minimum absolute atomic E-state index is 0.0377. The van der Waals surface area contributed by atoms with Crippen LogP contribution in [0.25, 0.3) is 6.08 Å². The number of methoxy groups -OCH3 is 1. The van der Waals surface area contributed by atoms with Gasteiger partial charge in [-0.25, -0.2) is 4.79 Å². The van der Waals surface area contributed by atoms with Crippen molar-refractivity contribution in [2.75, 3.05) is 40.0 Å². The molecule has 0 spiro atoms. The lowest BCUT2D eigenvalue weighted by Crippen LogP contribution is -2.43. The highest BCUT2D eigenvalue weighted by atomic mass is 16.5. The molecule has 7 heteroatoms. The molecule has 29 heavy (non-hydrogen) atoms. The van der Waals surface area contributed by atoms with E-state index in [2.05, 4.69) is 15.0 Å². The molecule has 1 atom stereocenters. The highest BCUT2D eigenvalue weighted by molar-refractivity contribution is 5.92. The Bertz CT molecular complexity index is 850. The second kappa shape index (κ2) is 10.0. The van der Waals surface area contributed by atoms with Gasteiger partial charge in [-0.2, -0.15) is 0 Å². The molecule has 2 aromatic rings. The Hall–Kier alpha value is -2.90. The van der Waals surface area contributed by atoms with E-state index in [1.165, 1.54) is 13.2 Å². The second-order valence-corrected chi connectivity index (χ2v) is 6.80. The van der Waals surface area contributed by atoms with Crippen molar-refractivity contribution < 1.29 is 23.5 Å². The number of furan rings is 1. The van der Waals surface area contributed by atoms with E-state index in [-0.39, 0.29) is 17.9 Å². The first-order valence-corrected chi connectivity index (χ1v) is 9.59. The second-order valence-electron chi connectivity index (χ2n) is 6.80. The van der Waals surface area contributed by atoms with E-state index in [4.69, 9.17) is 9.15 Å². The van der Waals surface area contributed by atoms with Crippen molar-refractivity contribution in [1.82, 2.24) is 10.2 Å². The van der Waals surface area contributed by atoms with Crippen LogP contribution in [0.2, 0.25) is 0 Å². The molecule has 1 aromatic heterocycles. The zero-order valence-electron chi connectivity index (χ0n) is 16.7. The fourth-order valence-electron chi connectivity index (χ4n) is 3.21. The first-order valence-electron chi connectivity index (χ1n) is 9.59. The van der Waals surface area contributed by atoms with Crippen molar-refractivity contribution in [3.05, 3.63) is 65.1 Å². The van der Waals surface area contributed by atoms with Gasteiger partial charge in [-0.1, -0.05) is 12.1 Å². The summed E-state index contributed by atoms with van der Waals surface area (Å²) in [6.45, 7) is 5.28. The van der Waals surface area contributed by atoms with E-state index in [9.17, 15) is 9.59 Å². The Balaban J connectivity index is 1.59. The number of morpholine rings is 1. The van der Waals surface area contributed by atoms with Crippen LogP contribution < -0.4 is 5.32 Å². The van der Waals surface area contributed by atoms with Crippen LogP contribution in [-0.2, 0) is 14.3 Å². The molecule has 154 valence electrons. The zero-order chi connectivity index (χ0) is 20.6. The molecule has 7 nitrogen and oxygen atoms in total. The highest BCUT2D eigenvalue weighted by Crippen LogP contribution is 2.23. The molecule has 1 N–H and O–H groups in total. The molecule has 0 aliphatic carbocycles. The smallest absolute Gasteiger partial charge is 0.337 e. The van der Waals surface area contributed by atoms with Crippen LogP contribution >= 0.6 is 0 Å². The Labute approximate surface area is 170 Å². The molecule has 3 rings (SSSR count). The highest BCUT2D eigenvalue weighted by Gasteiger charge is 2.25. The Morgan fingerprint density at radius 2 is 1.90 bits per heavy atom. The number of carbonyl (C=O) groups excluding carboxylic acids is 2. The third-order valence-corrected chi connectivity index (χ3v) is 4.80. The van der Waals surface area contributed by atoms with Crippen molar-refractivity contribution in [3.8, 4) is 0 Å². The molecule has 1 unspecified atom stereocenters. The molecule has 0 bridgehead atoms. The fourth-order valence-corrected chi connectivity index (χ4v) is 3.21. The number of aryl methyl sites for hydroxylation is 1. The summed E-state index contributed by atoms with van der Waals surface area (Å²) >= 11 is 0. The van der Waals surface area contributed by atoms with Gasteiger partial charge < -0.3 is 19.2 Å². The quantitative estimate of drug-likeness (QED) is 0.570. The number of nitrogens with zero attached hydrogens (tertiary/aromatic N) is 1. The van der Waals surface area contributed by atoms with E-state index in [1.807, 2.05) is 19.1 Å². The summed E-state index contributed by atoms with van der Waals surface area (Å²) in [5, 5.41) is 2.95. The lowest BCUT2D eigenvalue weighted by Gasteiger charge is -2.33. The van der Waals surface area contributed by atoms with E-state index in [0.29, 0.717) is 25.3 Å². The molecule has 1 aliphatic heterocycles. The number of carbonyl (C=O) groups is 2. The summed E-state index contributed by atoms with van der Waals surface area (Å²) in [5.41, 5.74) is 1.29. The third kappa shape index (κ3) is 5.79. The van der Waals surface area contributed by atoms with Gasteiger partial charge in [-0.05, 0) is 42.8 Å². The minimum Gasteiger partial charge on any atom is -0.465 e. The van der Waals surface area contributed by atoms with Crippen LogP contribution in [0.3, 0.4) is 0 Å². The van der Waals surface area contributed by atoms with Crippen LogP contribution in [0.5, 0.6) is 0 Å². The molecule has 1 fully saturated rings. The number of hydrogen-bond acceptors (Lipinski definition) is 6. The van der Waals surface area contributed by atoms with E-state index in [0.717, 1.165) is 30.2 Å². The number of hydrogen-bond donors (Lipinski definition) is 1.